The van der Waals surface area contributed by atoms with Crippen molar-refractivity contribution in [3.8, 4) is 0 Å². The van der Waals surface area contributed by atoms with E-state index in [2.05, 4.69) is 9.68 Å². The van der Waals surface area contributed by atoms with Crippen LogP contribution in [0.2, 0.25) is 0 Å². The fraction of sp³-hybridized carbons (Fsp3) is 0.364. The molecule has 0 radical (unpaired) electrons. The minimum Gasteiger partial charge on any atom is -0.360 e. The van der Waals surface area contributed by atoms with Crippen LogP contribution in [0.15, 0.2) is 16.7 Å². The zero-order valence-electron chi connectivity index (χ0n) is 9.52. The SMILES string of the molecule is CC.Cc1onc2c(C(F)(F)F)cc(F)cc12. The molecule has 0 aliphatic heterocycles. The first-order valence-corrected chi connectivity index (χ1v) is 5.02. The number of fused-ring (bicyclic) bond motifs is 1. The molecule has 0 N–H and O–H groups in total. The molecule has 0 atom stereocenters. The summed E-state index contributed by atoms with van der Waals surface area (Å²) in [6, 6.07) is 1.38. The van der Waals surface area contributed by atoms with Crippen molar-refractivity contribution >= 4 is 10.9 Å². The number of halogens is 4. The lowest BCUT2D eigenvalue weighted by molar-refractivity contribution is -0.136. The van der Waals surface area contributed by atoms with E-state index >= 15 is 0 Å². The summed E-state index contributed by atoms with van der Waals surface area (Å²) in [5.41, 5.74) is -1.48. The zero-order valence-corrected chi connectivity index (χ0v) is 9.52. The van der Waals surface area contributed by atoms with Gasteiger partial charge in [-0.2, -0.15) is 13.2 Å². The van der Waals surface area contributed by atoms with E-state index in [1.54, 1.807) is 0 Å². The molecule has 0 saturated carbocycles. The molecule has 17 heavy (non-hydrogen) atoms. The van der Waals surface area contributed by atoms with Crippen molar-refractivity contribution in [2.45, 2.75) is 26.9 Å². The number of aromatic nitrogens is 1. The van der Waals surface area contributed by atoms with Gasteiger partial charge >= 0.3 is 6.18 Å². The lowest BCUT2D eigenvalue weighted by Crippen LogP contribution is -2.06. The van der Waals surface area contributed by atoms with Gasteiger partial charge in [0.05, 0.1) is 5.56 Å². The quantitative estimate of drug-likeness (QED) is 0.650. The standard InChI is InChI=1S/C9H5F4NO.C2H6/c1-4-6-2-5(10)3-7(9(11,12)13)8(6)14-15-4;1-2/h2-3H,1H3;1-2H3. The van der Waals surface area contributed by atoms with Crippen LogP contribution in [0, 0.1) is 12.7 Å². The van der Waals surface area contributed by atoms with E-state index < -0.39 is 17.6 Å². The summed E-state index contributed by atoms with van der Waals surface area (Å²) in [5, 5.41) is 3.31. The molecule has 0 unspecified atom stereocenters. The third-order valence-electron chi connectivity index (χ3n) is 2.03. The van der Waals surface area contributed by atoms with Gasteiger partial charge in [-0.15, -0.1) is 0 Å². The molecule has 0 aliphatic rings. The largest absolute Gasteiger partial charge is 0.418 e. The number of benzene rings is 1. The molecule has 0 bridgehead atoms. The number of hydrogen-bond donors (Lipinski definition) is 0. The van der Waals surface area contributed by atoms with Gasteiger partial charge in [-0.05, 0) is 19.1 Å². The second kappa shape index (κ2) is 4.73. The third kappa shape index (κ3) is 2.57. The number of hydrogen-bond acceptors (Lipinski definition) is 2. The van der Waals surface area contributed by atoms with Crippen molar-refractivity contribution < 1.29 is 22.1 Å². The summed E-state index contributed by atoms with van der Waals surface area (Å²) in [6.07, 6.45) is -4.64. The van der Waals surface area contributed by atoms with E-state index in [0.29, 0.717) is 6.07 Å². The molecule has 2 aromatic rings. The van der Waals surface area contributed by atoms with Gasteiger partial charge in [-0.3, -0.25) is 0 Å². The second-order valence-electron chi connectivity index (χ2n) is 3.09. The molecule has 94 valence electrons. The van der Waals surface area contributed by atoms with Crippen molar-refractivity contribution in [2.24, 2.45) is 0 Å². The molecule has 0 aliphatic carbocycles. The average molecular weight is 249 g/mol. The Morgan fingerprint density at radius 2 is 1.76 bits per heavy atom. The van der Waals surface area contributed by atoms with E-state index in [9.17, 15) is 17.6 Å². The minimum absolute atomic E-state index is 0.0438. The number of rotatable bonds is 0. The fourth-order valence-electron chi connectivity index (χ4n) is 1.35. The van der Waals surface area contributed by atoms with Gasteiger partial charge < -0.3 is 4.52 Å². The highest BCUT2D eigenvalue weighted by Gasteiger charge is 2.35. The monoisotopic (exact) mass is 249 g/mol. The Morgan fingerprint density at radius 3 is 2.29 bits per heavy atom. The average Bonchev–Trinajstić information content (AvgIpc) is 2.61. The second-order valence-corrected chi connectivity index (χ2v) is 3.09. The molecular weight excluding hydrogens is 238 g/mol. The van der Waals surface area contributed by atoms with Crippen LogP contribution >= 0.6 is 0 Å². The number of nitrogens with zero attached hydrogens (tertiary/aromatic N) is 1. The lowest BCUT2D eigenvalue weighted by Gasteiger charge is -2.06. The van der Waals surface area contributed by atoms with Crippen LogP contribution in [0.5, 0.6) is 0 Å². The van der Waals surface area contributed by atoms with Gasteiger partial charge in [-0.1, -0.05) is 19.0 Å². The van der Waals surface area contributed by atoms with Crippen LogP contribution in [0.25, 0.3) is 10.9 Å². The summed E-state index contributed by atoms with van der Waals surface area (Å²) in [4.78, 5) is 0. The van der Waals surface area contributed by atoms with Crippen LogP contribution in [0.1, 0.15) is 25.2 Å². The molecule has 2 nitrogen and oxygen atoms in total. The first-order chi connectivity index (χ1) is 7.89. The molecule has 1 aromatic carbocycles. The van der Waals surface area contributed by atoms with E-state index in [4.69, 9.17) is 0 Å². The Hall–Kier alpha value is -1.59. The highest BCUT2D eigenvalue weighted by Crippen LogP contribution is 2.35. The molecule has 0 amide bonds. The normalized spacial score (nSPS) is 11.2. The van der Waals surface area contributed by atoms with Gasteiger partial charge in [0.2, 0.25) is 0 Å². The maximum atomic E-state index is 12.9. The molecule has 0 saturated heterocycles. The van der Waals surface area contributed by atoms with Crippen LogP contribution in [-0.4, -0.2) is 5.16 Å². The maximum Gasteiger partial charge on any atom is 0.418 e. The predicted molar refractivity (Wildman–Crippen MR) is 55.1 cm³/mol. The van der Waals surface area contributed by atoms with Crippen molar-refractivity contribution in [1.29, 1.82) is 0 Å². The smallest absolute Gasteiger partial charge is 0.360 e. The molecule has 0 fully saturated rings. The lowest BCUT2D eigenvalue weighted by atomic mass is 10.1. The van der Waals surface area contributed by atoms with Crippen LogP contribution < -0.4 is 0 Å². The Bertz CT molecular complexity index is 516. The molecule has 2 rings (SSSR count). The third-order valence-corrected chi connectivity index (χ3v) is 2.03. The maximum absolute atomic E-state index is 12.9. The predicted octanol–water partition coefficient (Wildman–Crippen LogP) is 4.32. The van der Waals surface area contributed by atoms with E-state index in [0.717, 1.165) is 6.07 Å². The van der Waals surface area contributed by atoms with Gasteiger partial charge in [0.15, 0.2) is 0 Å². The summed E-state index contributed by atoms with van der Waals surface area (Å²) >= 11 is 0. The minimum atomic E-state index is -4.64. The molecule has 0 spiro atoms. The Labute approximate surface area is 95.2 Å². The van der Waals surface area contributed by atoms with E-state index in [1.807, 2.05) is 13.8 Å². The molecule has 6 heteroatoms. The Kier molecular flexibility index (Phi) is 3.75. The van der Waals surface area contributed by atoms with Gasteiger partial charge in [-0.25, -0.2) is 4.39 Å². The Morgan fingerprint density at radius 1 is 1.18 bits per heavy atom. The summed E-state index contributed by atoms with van der Waals surface area (Å²) in [7, 11) is 0. The summed E-state index contributed by atoms with van der Waals surface area (Å²) in [6.45, 7) is 5.43. The van der Waals surface area contributed by atoms with E-state index in [-0.39, 0.29) is 16.7 Å². The number of aryl methyl sites for hydroxylation is 1. The first kappa shape index (κ1) is 13.5. The topological polar surface area (TPSA) is 26.0 Å². The van der Waals surface area contributed by atoms with E-state index in [1.165, 1.54) is 6.92 Å². The highest BCUT2D eigenvalue weighted by atomic mass is 19.4. The fourth-order valence-corrected chi connectivity index (χ4v) is 1.35. The first-order valence-electron chi connectivity index (χ1n) is 5.02. The summed E-state index contributed by atoms with van der Waals surface area (Å²) < 4.78 is 54.9. The molecule has 1 heterocycles. The van der Waals surface area contributed by atoms with Crippen LogP contribution in [-0.2, 0) is 6.18 Å². The highest BCUT2D eigenvalue weighted by molar-refractivity contribution is 5.83. The number of alkyl halides is 3. The van der Waals surface area contributed by atoms with Crippen molar-refractivity contribution in [1.82, 2.24) is 5.16 Å². The van der Waals surface area contributed by atoms with Gasteiger partial charge in [0.1, 0.15) is 17.1 Å². The zero-order chi connectivity index (χ0) is 13.2. The van der Waals surface area contributed by atoms with Crippen LogP contribution in [0.3, 0.4) is 0 Å². The molecule has 1 aromatic heterocycles. The van der Waals surface area contributed by atoms with Crippen molar-refractivity contribution in [3.63, 3.8) is 0 Å². The summed E-state index contributed by atoms with van der Waals surface area (Å²) in [5.74, 6) is -0.795. The van der Waals surface area contributed by atoms with Crippen molar-refractivity contribution in [2.75, 3.05) is 0 Å². The Balaban J connectivity index is 0.000000686. The molecular formula is C11H11F4NO. The van der Waals surface area contributed by atoms with Crippen molar-refractivity contribution in [3.05, 3.63) is 29.3 Å². The van der Waals surface area contributed by atoms with Crippen LogP contribution in [0.4, 0.5) is 17.6 Å². The van der Waals surface area contributed by atoms with Gasteiger partial charge in [0, 0.05) is 5.39 Å². The van der Waals surface area contributed by atoms with Gasteiger partial charge in [0.25, 0.3) is 0 Å².